The second-order valence-electron chi connectivity index (χ2n) is 4.40. The monoisotopic (exact) mass is 272 g/mol. The number of hydrazine groups is 1. The van der Waals surface area contributed by atoms with Gasteiger partial charge in [0.05, 0.1) is 6.54 Å². The van der Waals surface area contributed by atoms with Crippen molar-refractivity contribution in [3.63, 3.8) is 0 Å². The summed E-state index contributed by atoms with van der Waals surface area (Å²) in [5, 5.41) is 1.46. The first-order chi connectivity index (χ1) is 9.72. The first-order valence-electron chi connectivity index (χ1n) is 6.34. The van der Waals surface area contributed by atoms with Crippen LogP contribution in [-0.2, 0) is 13.0 Å². The highest BCUT2D eigenvalue weighted by atomic mass is 19.1. The second kappa shape index (κ2) is 6.77. The molecule has 1 aromatic heterocycles. The smallest absolute Gasteiger partial charge is 0.146 e. The van der Waals surface area contributed by atoms with Gasteiger partial charge < -0.3 is 4.99 Å². The molecule has 0 aliphatic carbocycles. The first kappa shape index (κ1) is 14.1. The largest absolute Gasteiger partial charge is 0.301 e. The highest BCUT2D eigenvalue weighted by Gasteiger charge is 2.11. The topological polar surface area (TPSA) is 54.5 Å². The molecule has 0 amide bonds. The van der Waals surface area contributed by atoms with Gasteiger partial charge in [0.2, 0.25) is 0 Å². The number of nitrogens with zero attached hydrogens (tertiary/aromatic N) is 3. The van der Waals surface area contributed by atoms with Crippen molar-refractivity contribution in [2.24, 2.45) is 10.8 Å². The number of rotatable bonds is 6. The molecule has 0 saturated heterocycles. The van der Waals surface area contributed by atoms with Gasteiger partial charge in [0, 0.05) is 18.3 Å². The maximum absolute atomic E-state index is 13.6. The number of anilines is 1. The van der Waals surface area contributed by atoms with Crippen molar-refractivity contribution in [2.75, 3.05) is 11.6 Å². The second-order valence-corrected chi connectivity index (χ2v) is 4.40. The van der Waals surface area contributed by atoms with Crippen LogP contribution in [0.2, 0.25) is 0 Å². The van der Waals surface area contributed by atoms with Gasteiger partial charge in [-0.05, 0) is 30.8 Å². The van der Waals surface area contributed by atoms with Crippen molar-refractivity contribution in [2.45, 2.75) is 13.0 Å². The quantitative estimate of drug-likeness (QED) is 0.499. The zero-order chi connectivity index (χ0) is 14.4. The van der Waals surface area contributed by atoms with Crippen molar-refractivity contribution >= 4 is 12.5 Å². The molecule has 0 unspecified atom stereocenters. The predicted molar refractivity (Wildman–Crippen MR) is 79.1 cm³/mol. The first-order valence-corrected chi connectivity index (χ1v) is 6.34. The van der Waals surface area contributed by atoms with Gasteiger partial charge in [-0.25, -0.2) is 15.2 Å². The molecule has 0 bridgehead atoms. The summed E-state index contributed by atoms with van der Waals surface area (Å²) in [5.41, 5.74) is 1.51. The lowest BCUT2D eigenvalue weighted by molar-refractivity contribution is 0.604. The number of aromatic nitrogens is 1. The van der Waals surface area contributed by atoms with Gasteiger partial charge in [0.15, 0.2) is 0 Å². The fraction of sp³-hybridized carbons (Fsp3) is 0.200. The Labute approximate surface area is 117 Å². The molecular weight excluding hydrogens is 255 g/mol. The zero-order valence-electron chi connectivity index (χ0n) is 11.2. The fourth-order valence-electron chi connectivity index (χ4n) is 1.97. The Morgan fingerprint density at radius 2 is 1.95 bits per heavy atom. The summed E-state index contributed by atoms with van der Waals surface area (Å²) < 4.78 is 13.6. The normalized spacial score (nSPS) is 10.3. The lowest BCUT2D eigenvalue weighted by atomic mass is 10.1. The lowest BCUT2D eigenvalue weighted by Gasteiger charge is -2.20. The highest BCUT2D eigenvalue weighted by Crippen LogP contribution is 2.18. The Morgan fingerprint density at radius 3 is 2.70 bits per heavy atom. The number of hydrogen-bond acceptors (Lipinski definition) is 4. The molecule has 0 spiro atoms. The third-order valence-corrected chi connectivity index (χ3v) is 2.98. The Morgan fingerprint density at radius 1 is 1.20 bits per heavy atom. The van der Waals surface area contributed by atoms with Crippen LogP contribution in [-0.4, -0.2) is 18.2 Å². The average molecular weight is 272 g/mol. The zero-order valence-corrected chi connectivity index (χ0v) is 11.2. The number of hydrogen-bond donors (Lipinski definition) is 1. The maximum Gasteiger partial charge on any atom is 0.146 e. The van der Waals surface area contributed by atoms with Crippen LogP contribution in [0, 0.1) is 5.82 Å². The number of benzene rings is 1. The van der Waals surface area contributed by atoms with E-state index in [0.29, 0.717) is 24.3 Å². The number of pyridine rings is 1. The van der Waals surface area contributed by atoms with E-state index < -0.39 is 0 Å². The Bertz CT molecular complexity index is 586. The summed E-state index contributed by atoms with van der Waals surface area (Å²) >= 11 is 0. The Hall–Kier alpha value is -2.27. The average Bonchev–Trinajstić information content (AvgIpc) is 2.47. The molecule has 104 valence electrons. The van der Waals surface area contributed by atoms with Crippen LogP contribution in [0.15, 0.2) is 47.6 Å². The van der Waals surface area contributed by atoms with Crippen LogP contribution in [0.25, 0.3) is 0 Å². The van der Waals surface area contributed by atoms with Crippen LogP contribution >= 0.6 is 0 Å². The standard InChI is InChI=1S/C15H17FN4/c1-18-10-8-12-6-4-9-19-15(12)20(17)11-13-5-2-3-7-14(13)16/h2-7,9H,1,8,10-11,17H2. The van der Waals surface area contributed by atoms with E-state index in [1.165, 1.54) is 11.1 Å². The van der Waals surface area contributed by atoms with E-state index in [1.807, 2.05) is 12.1 Å². The molecule has 4 nitrogen and oxygen atoms in total. The molecule has 0 fully saturated rings. The highest BCUT2D eigenvalue weighted by molar-refractivity contribution is 5.46. The third kappa shape index (κ3) is 3.39. The van der Waals surface area contributed by atoms with Gasteiger partial charge in [-0.1, -0.05) is 24.3 Å². The van der Waals surface area contributed by atoms with Crippen molar-refractivity contribution in [1.29, 1.82) is 0 Å². The van der Waals surface area contributed by atoms with Gasteiger partial charge in [0.1, 0.15) is 11.6 Å². The molecule has 2 aromatic rings. The molecule has 1 aromatic carbocycles. The lowest BCUT2D eigenvalue weighted by Crippen LogP contribution is -2.32. The molecule has 2 N–H and O–H groups in total. The van der Waals surface area contributed by atoms with Gasteiger partial charge in [-0.15, -0.1) is 0 Å². The summed E-state index contributed by atoms with van der Waals surface area (Å²) in [4.78, 5) is 8.11. The number of halogens is 1. The van der Waals surface area contributed by atoms with Crippen LogP contribution in [0.1, 0.15) is 11.1 Å². The van der Waals surface area contributed by atoms with Crippen molar-refractivity contribution in [1.82, 2.24) is 4.98 Å². The van der Waals surface area contributed by atoms with Crippen molar-refractivity contribution < 1.29 is 4.39 Å². The molecule has 1 heterocycles. The summed E-state index contributed by atoms with van der Waals surface area (Å²) in [7, 11) is 0. The molecule has 2 rings (SSSR count). The predicted octanol–water partition coefficient (Wildman–Crippen LogP) is 2.34. The van der Waals surface area contributed by atoms with Gasteiger partial charge in [0.25, 0.3) is 0 Å². The Kier molecular flexibility index (Phi) is 4.79. The van der Waals surface area contributed by atoms with Crippen molar-refractivity contribution in [3.05, 3.63) is 59.5 Å². The number of nitrogens with two attached hydrogens (primary N) is 1. The van der Waals surface area contributed by atoms with Crippen LogP contribution in [0.3, 0.4) is 0 Å². The minimum absolute atomic E-state index is 0.262. The summed E-state index contributed by atoms with van der Waals surface area (Å²) in [6.07, 6.45) is 2.37. The molecular formula is C15H17FN4. The van der Waals surface area contributed by atoms with Crippen LogP contribution < -0.4 is 10.9 Å². The molecule has 20 heavy (non-hydrogen) atoms. The van der Waals surface area contributed by atoms with Gasteiger partial charge in [-0.2, -0.15) is 0 Å². The molecule has 0 saturated carbocycles. The molecule has 0 aliphatic rings. The summed E-state index contributed by atoms with van der Waals surface area (Å²) in [6.45, 7) is 4.33. The van der Waals surface area contributed by atoms with E-state index in [4.69, 9.17) is 5.84 Å². The van der Waals surface area contributed by atoms with Gasteiger partial charge in [-0.3, -0.25) is 5.01 Å². The SMILES string of the molecule is C=NCCc1cccnc1N(N)Cc1ccccc1F. The molecule has 0 radical (unpaired) electrons. The molecule has 0 aliphatic heterocycles. The maximum atomic E-state index is 13.6. The van der Waals surface area contributed by atoms with Crippen LogP contribution in [0.5, 0.6) is 0 Å². The van der Waals surface area contributed by atoms with E-state index in [9.17, 15) is 4.39 Å². The summed E-state index contributed by atoms with van der Waals surface area (Å²) in [5.74, 6) is 6.39. The van der Waals surface area contributed by atoms with E-state index in [2.05, 4.69) is 16.7 Å². The van der Waals surface area contributed by atoms with E-state index in [-0.39, 0.29) is 12.4 Å². The minimum Gasteiger partial charge on any atom is -0.301 e. The molecule has 5 heteroatoms. The van der Waals surface area contributed by atoms with Crippen molar-refractivity contribution in [3.8, 4) is 0 Å². The number of aliphatic imine (C=N–C) groups is 1. The van der Waals surface area contributed by atoms with Gasteiger partial charge >= 0.3 is 0 Å². The minimum atomic E-state index is -0.270. The van der Waals surface area contributed by atoms with E-state index >= 15 is 0 Å². The van der Waals surface area contributed by atoms with Crippen LogP contribution in [0.4, 0.5) is 10.2 Å². The van der Waals surface area contributed by atoms with E-state index in [1.54, 1.807) is 24.4 Å². The van der Waals surface area contributed by atoms with E-state index in [0.717, 1.165) is 5.56 Å². The summed E-state index contributed by atoms with van der Waals surface area (Å²) in [6, 6.07) is 10.4. The Balaban J connectivity index is 2.18. The third-order valence-electron chi connectivity index (χ3n) is 2.98. The molecule has 0 atom stereocenters. The fourth-order valence-corrected chi connectivity index (χ4v) is 1.97.